The van der Waals surface area contributed by atoms with Gasteiger partial charge in [-0.3, -0.25) is 10.2 Å². The summed E-state index contributed by atoms with van der Waals surface area (Å²) in [6, 6.07) is 4.40. The lowest BCUT2D eigenvalue weighted by molar-refractivity contribution is -0.123. The van der Waals surface area contributed by atoms with Gasteiger partial charge in [0.15, 0.2) is 0 Å². The third-order valence-corrected chi connectivity index (χ3v) is 3.53. The summed E-state index contributed by atoms with van der Waals surface area (Å²) in [5, 5.41) is 0. The molecule has 0 spiro atoms. The van der Waals surface area contributed by atoms with E-state index in [0.717, 1.165) is 5.56 Å². The Kier molecular flexibility index (Phi) is 4.75. The van der Waals surface area contributed by atoms with Crippen LogP contribution in [0.15, 0.2) is 12.1 Å². The number of carbonyl (C=O) groups excluding carboxylic acids is 1. The average molecular weight is 262 g/mol. The molecular weight excluding hydrogens is 236 g/mol. The van der Waals surface area contributed by atoms with E-state index in [-0.39, 0.29) is 17.2 Å². The van der Waals surface area contributed by atoms with Crippen molar-refractivity contribution in [2.45, 2.75) is 52.9 Å². The Bertz CT molecular complexity index is 449. The summed E-state index contributed by atoms with van der Waals surface area (Å²) in [5.41, 5.74) is 10.3. The normalized spacial score (nSPS) is 13.2. The van der Waals surface area contributed by atoms with Crippen molar-refractivity contribution in [2.24, 2.45) is 0 Å². The average Bonchev–Trinajstić information content (AvgIpc) is 2.26. The van der Waals surface area contributed by atoms with E-state index in [1.165, 1.54) is 16.7 Å². The molecule has 19 heavy (non-hydrogen) atoms. The van der Waals surface area contributed by atoms with Crippen molar-refractivity contribution in [3.05, 3.63) is 34.4 Å². The van der Waals surface area contributed by atoms with Crippen molar-refractivity contribution in [3.8, 4) is 0 Å². The molecule has 1 unspecified atom stereocenters. The standard InChI is InChI=1S/C16H26N2O/c1-10-8-13(16(4,5)6)9-11(2)14(10)12(3)15(19)18-17-7/h8-9,12,17H,1-7H3,(H,18,19). The third-order valence-electron chi connectivity index (χ3n) is 3.53. The van der Waals surface area contributed by atoms with Gasteiger partial charge in [-0.1, -0.05) is 32.9 Å². The first kappa shape index (κ1) is 15.7. The van der Waals surface area contributed by atoms with Gasteiger partial charge in [-0.2, -0.15) is 0 Å². The second kappa shape index (κ2) is 5.74. The molecule has 106 valence electrons. The fourth-order valence-electron chi connectivity index (χ4n) is 2.45. The smallest absolute Gasteiger partial charge is 0.241 e. The van der Waals surface area contributed by atoms with Gasteiger partial charge in [0.1, 0.15) is 0 Å². The molecular formula is C16H26N2O. The minimum Gasteiger partial charge on any atom is -0.291 e. The Morgan fingerprint density at radius 3 is 2.00 bits per heavy atom. The molecule has 1 atom stereocenters. The monoisotopic (exact) mass is 262 g/mol. The zero-order valence-electron chi connectivity index (χ0n) is 13.1. The number of nitrogens with one attached hydrogen (secondary N) is 2. The number of hydrazine groups is 1. The van der Waals surface area contributed by atoms with Gasteiger partial charge < -0.3 is 0 Å². The largest absolute Gasteiger partial charge is 0.291 e. The minimum absolute atomic E-state index is 0.00258. The second-order valence-corrected chi connectivity index (χ2v) is 6.23. The highest BCUT2D eigenvalue weighted by Gasteiger charge is 2.22. The third kappa shape index (κ3) is 3.57. The molecule has 1 amide bonds. The first-order valence-electron chi connectivity index (χ1n) is 6.76. The van der Waals surface area contributed by atoms with Crippen LogP contribution in [-0.2, 0) is 10.2 Å². The molecule has 1 aromatic carbocycles. The van der Waals surface area contributed by atoms with Crippen molar-refractivity contribution in [3.63, 3.8) is 0 Å². The first-order valence-corrected chi connectivity index (χ1v) is 6.76. The van der Waals surface area contributed by atoms with E-state index in [4.69, 9.17) is 0 Å². The Hall–Kier alpha value is -1.35. The van der Waals surface area contributed by atoms with Crippen molar-refractivity contribution in [1.82, 2.24) is 10.9 Å². The summed E-state index contributed by atoms with van der Waals surface area (Å²) >= 11 is 0. The zero-order chi connectivity index (χ0) is 14.8. The summed E-state index contributed by atoms with van der Waals surface area (Å²) in [7, 11) is 1.70. The van der Waals surface area contributed by atoms with Gasteiger partial charge in [-0.15, -0.1) is 0 Å². The van der Waals surface area contributed by atoms with Crippen LogP contribution in [0.25, 0.3) is 0 Å². The van der Waals surface area contributed by atoms with Gasteiger partial charge in [-0.05, 0) is 48.4 Å². The number of amides is 1. The van der Waals surface area contributed by atoms with Crippen molar-refractivity contribution in [1.29, 1.82) is 0 Å². The summed E-state index contributed by atoms with van der Waals surface area (Å²) in [6.45, 7) is 12.7. The Morgan fingerprint density at radius 2 is 1.63 bits per heavy atom. The predicted molar refractivity (Wildman–Crippen MR) is 80.2 cm³/mol. The molecule has 1 rings (SSSR count). The molecule has 0 aliphatic heterocycles. The van der Waals surface area contributed by atoms with Gasteiger partial charge in [0.05, 0.1) is 5.92 Å². The van der Waals surface area contributed by atoms with E-state index >= 15 is 0 Å². The van der Waals surface area contributed by atoms with Crippen LogP contribution in [0.3, 0.4) is 0 Å². The zero-order valence-corrected chi connectivity index (χ0v) is 13.1. The molecule has 0 saturated carbocycles. The summed E-state index contributed by atoms with van der Waals surface area (Å²) < 4.78 is 0. The number of hydrogen-bond acceptors (Lipinski definition) is 2. The van der Waals surface area contributed by atoms with E-state index in [1.807, 2.05) is 6.92 Å². The maximum Gasteiger partial charge on any atom is 0.241 e. The molecule has 0 fully saturated rings. The van der Waals surface area contributed by atoms with Crippen LogP contribution in [-0.4, -0.2) is 13.0 Å². The topological polar surface area (TPSA) is 41.1 Å². The van der Waals surface area contributed by atoms with Crippen LogP contribution >= 0.6 is 0 Å². The van der Waals surface area contributed by atoms with Gasteiger partial charge >= 0.3 is 0 Å². The molecule has 0 heterocycles. The lowest BCUT2D eigenvalue weighted by Gasteiger charge is -2.24. The molecule has 0 aliphatic rings. The van der Waals surface area contributed by atoms with Crippen LogP contribution in [0.5, 0.6) is 0 Å². The first-order chi connectivity index (χ1) is 8.68. The molecule has 1 aromatic rings. The summed E-state index contributed by atoms with van der Waals surface area (Å²) in [6.07, 6.45) is 0. The van der Waals surface area contributed by atoms with E-state index in [2.05, 4.69) is 57.6 Å². The fraction of sp³-hybridized carbons (Fsp3) is 0.562. The molecule has 0 aliphatic carbocycles. The highest BCUT2D eigenvalue weighted by atomic mass is 16.2. The van der Waals surface area contributed by atoms with Crippen molar-refractivity contribution < 1.29 is 4.79 Å². The van der Waals surface area contributed by atoms with E-state index in [0.29, 0.717) is 0 Å². The number of benzene rings is 1. The molecule has 0 radical (unpaired) electrons. The Morgan fingerprint density at radius 1 is 1.16 bits per heavy atom. The number of carbonyl (C=O) groups is 1. The van der Waals surface area contributed by atoms with Crippen molar-refractivity contribution >= 4 is 5.91 Å². The fourth-order valence-corrected chi connectivity index (χ4v) is 2.45. The lowest BCUT2D eigenvalue weighted by Crippen LogP contribution is -2.37. The Balaban J connectivity index is 3.21. The molecule has 0 saturated heterocycles. The SMILES string of the molecule is CNNC(=O)C(C)c1c(C)cc(C(C)(C)C)cc1C. The van der Waals surface area contributed by atoms with Crippen LogP contribution in [0.1, 0.15) is 55.9 Å². The van der Waals surface area contributed by atoms with Gasteiger partial charge in [0.2, 0.25) is 5.91 Å². The number of hydrogen-bond donors (Lipinski definition) is 2. The summed E-state index contributed by atoms with van der Waals surface area (Å²) in [4.78, 5) is 12.0. The molecule has 3 heteroatoms. The maximum atomic E-state index is 12.0. The molecule has 0 aromatic heterocycles. The highest BCUT2D eigenvalue weighted by molar-refractivity contribution is 5.83. The van der Waals surface area contributed by atoms with Gasteiger partial charge in [0.25, 0.3) is 0 Å². The van der Waals surface area contributed by atoms with Gasteiger partial charge in [0, 0.05) is 7.05 Å². The quantitative estimate of drug-likeness (QED) is 0.822. The second-order valence-electron chi connectivity index (χ2n) is 6.23. The minimum atomic E-state index is -0.151. The van der Waals surface area contributed by atoms with Crippen LogP contribution < -0.4 is 10.9 Å². The van der Waals surface area contributed by atoms with Crippen LogP contribution in [0, 0.1) is 13.8 Å². The lowest BCUT2D eigenvalue weighted by atomic mass is 9.81. The maximum absolute atomic E-state index is 12.0. The van der Waals surface area contributed by atoms with E-state index in [9.17, 15) is 4.79 Å². The number of aryl methyl sites for hydroxylation is 2. The molecule has 0 bridgehead atoms. The van der Waals surface area contributed by atoms with Crippen LogP contribution in [0.4, 0.5) is 0 Å². The predicted octanol–water partition coefficient (Wildman–Crippen LogP) is 2.96. The summed E-state index contributed by atoms with van der Waals surface area (Å²) in [5.74, 6) is -0.154. The van der Waals surface area contributed by atoms with E-state index < -0.39 is 0 Å². The molecule has 2 N–H and O–H groups in total. The number of rotatable bonds is 3. The van der Waals surface area contributed by atoms with Crippen LogP contribution in [0.2, 0.25) is 0 Å². The van der Waals surface area contributed by atoms with Crippen molar-refractivity contribution in [2.75, 3.05) is 7.05 Å². The van der Waals surface area contributed by atoms with E-state index in [1.54, 1.807) is 7.05 Å². The van der Waals surface area contributed by atoms with Gasteiger partial charge in [-0.25, -0.2) is 5.43 Å². The Labute approximate surface area is 116 Å². The highest BCUT2D eigenvalue weighted by Crippen LogP contribution is 2.30. The molecule has 3 nitrogen and oxygen atoms in total.